The van der Waals surface area contributed by atoms with Crippen LogP contribution in [0, 0.1) is 0 Å². The Bertz CT molecular complexity index is 142. The molecule has 0 aromatic carbocycles. The van der Waals surface area contributed by atoms with E-state index in [2.05, 4.69) is 6.08 Å². The monoisotopic (exact) mass is 174 g/mol. The molecule has 0 saturated heterocycles. The van der Waals surface area contributed by atoms with Crippen molar-refractivity contribution < 1.29 is 4.74 Å². The van der Waals surface area contributed by atoms with Gasteiger partial charge in [-0.3, -0.25) is 0 Å². The van der Waals surface area contributed by atoms with Crippen LogP contribution in [-0.4, -0.2) is 19.1 Å². The van der Waals surface area contributed by atoms with Crippen molar-refractivity contribution in [1.29, 1.82) is 0 Å². The maximum atomic E-state index is 5.91. The predicted molar refractivity (Wildman–Crippen MR) is 48.1 cm³/mol. The van der Waals surface area contributed by atoms with E-state index in [1.54, 1.807) is 7.11 Å². The molecule has 0 amide bonds. The second-order valence-electron chi connectivity index (χ2n) is 2.98. The summed E-state index contributed by atoms with van der Waals surface area (Å²) in [4.78, 5) is 0. The van der Waals surface area contributed by atoms with Gasteiger partial charge < -0.3 is 4.74 Å². The van der Waals surface area contributed by atoms with Gasteiger partial charge >= 0.3 is 0 Å². The zero-order valence-corrected chi connectivity index (χ0v) is 7.73. The topological polar surface area (TPSA) is 9.23 Å². The van der Waals surface area contributed by atoms with Gasteiger partial charge in [0.1, 0.15) is 0 Å². The molecule has 0 heterocycles. The lowest BCUT2D eigenvalue weighted by Gasteiger charge is -1.99. The van der Waals surface area contributed by atoms with Crippen LogP contribution >= 0.6 is 11.6 Å². The number of allylic oxidation sites excluding steroid dienone is 2. The number of alkyl halides is 1. The molecule has 1 nitrogen and oxygen atoms in total. The fraction of sp³-hybridized carbons (Fsp3) is 0.778. The van der Waals surface area contributed by atoms with E-state index in [1.165, 1.54) is 12.0 Å². The van der Waals surface area contributed by atoms with Crippen molar-refractivity contribution in [2.24, 2.45) is 0 Å². The first kappa shape index (κ1) is 9.08. The van der Waals surface area contributed by atoms with Crippen molar-refractivity contribution in [3.8, 4) is 0 Å². The smallest absolute Gasteiger partial charge is 0.0521 e. The fourth-order valence-electron chi connectivity index (χ4n) is 1.40. The quantitative estimate of drug-likeness (QED) is 0.362. The maximum Gasteiger partial charge on any atom is 0.0521 e. The first-order chi connectivity index (χ1) is 5.33. The van der Waals surface area contributed by atoms with Gasteiger partial charge in [-0.05, 0) is 25.7 Å². The molecule has 1 atom stereocenters. The Morgan fingerprint density at radius 1 is 1.73 bits per heavy atom. The number of hydrogen-bond acceptors (Lipinski definition) is 1. The third-order valence-electron chi connectivity index (χ3n) is 2.00. The summed E-state index contributed by atoms with van der Waals surface area (Å²) in [6.45, 7) is 0.865. The normalized spacial score (nSPS) is 23.8. The van der Waals surface area contributed by atoms with Gasteiger partial charge in [-0.15, -0.1) is 11.6 Å². The van der Waals surface area contributed by atoms with E-state index in [0.717, 1.165) is 25.9 Å². The molecule has 1 rings (SSSR count). The van der Waals surface area contributed by atoms with Crippen LogP contribution in [-0.2, 0) is 4.74 Å². The third-order valence-corrected chi connectivity index (χ3v) is 2.35. The van der Waals surface area contributed by atoms with Crippen molar-refractivity contribution in [2.75, 3.05) is 13.7 Å². The molecule has 0 aliphatic heterocycles. The lowest BCUT2D eigenvalue weighted by atomic mass is 10.1. The molecular formula is C9H15ClO. The maximum absolute atomic E-state index is 5.91. The molecule has 1 aliphatic carbocycles. The average molecular weight is 175 g/mol. The van der Waals surface area contributed by atoms with E-state index >= 15 is 0 Å². The summed E-state index contributed by atoms with van der Waals surface area (Å²) in [7, 11) is 1.74. The molecular weight excluding hydrogens is 160 g/mol. The molecule has 0 aromatic heterocycles. The molecule has 64 valence electrons. The molecule has 1 unspecified atom stereocenters. The summed E-state index contributed by atoms with van der Waals surface area (Å²) in [5.74, 6) is 0. The molecule has 0 spiro atoms. The number of halogens is 1. The Morgan fingerprint density at radius 2 is 2.55 bits per heavy atom. The van der Waals surface area contributed by atoms with Gasteiger partial charge in [0.2, 0.25) is 0 Å². The van der Waals surface area contributed by atoms with Gasteiger partial charge in [0.15, 0.2) is 0 Å². The summed E-state index contributed by atoms with van der Waals surface area (Å²) < 4.78 is 4.97. The molecule has 0 aromatic rings. The molecule has 0 bridgehead atoms. The van der Waals surface area contributed by atoms with Crippen molar-refractivity contribution in [1.82, 2.24) is 0 Å². The van der Waals surface area contributed by atoms with E-state index in [4.69, 9.17) is 16.3 Å². The van der Waals surface area contributed by atoms with Crippen molar-refractivity contribution >= 4 is 11.6 Å². The summed E-state index contributed by atoms with van der Waals surface area (Å²) in [6.07, 6.45) is 6.81. The predicted octanol–water partition coefficient (Wildman–Crippen LogP) is 2.74. The van der Waals surface area contributed by atoms with E-state index in [1.807, 2.05) is 0 Å². The van der Waals surface area contributed by atoms with Gasteiger partial charge in [-0.25, -0.2) is 0 Å². The van der Waals surface area contributed by atoms with Crippen LogP contribution in [0.25, 0.3) is 0 Å². The minimum absolute atomic E-state index is 0.299. The van der Waals surface area contributed by atoms with Crippen molar-refractivity contribution in [2.45, 2.75) is 31.1 Å². The highest BCUT2D eigenvalue weighted by Crippen LogP contribution is 2.25. The lowest BCUT2D eigenvalue weighted by molar-refractivity contribution is 0.195. The van der Waals surface area contributed by atoms with Gasteiger partial charge in [0, 0.05) is 13.7 Å². The van der Waals surface area contributed by atoms with Crippen LogP contribution < -0.4 is 0 Å². The molecule has 0 fully saturated rings. The lowest BCUT2D eigenvalue weighted by Crippen LogP contribution is -1.88. The standard InChI is InChI=1S/C9H15ClO/c1-11-6-2-3-8-4-5-9(10)7-8/h7,9H,2-6H2,1H3. The average Bonchev–Trinajstić information content (AvgIpc) is 2.37. The number of rotatable bonds is 4. The van der Waals surface area contributed by atoms with Gasteiger partial charge in [-0.2, -0.15) is 0 Å². The molecule has 1 aliphatic rings. The van der Waals surface area contributed by atoms with Crippen LogP contribution in [0.15, 0.2) is 11.6 Å². The third kappa shape index (κ3) is 3.26. The van der Waals surface area contributed by atoms with E-state index in [0.29, 0.717) is 5.38 Å². The summed E-state index contributed by atoms with van der Waals surface area (Å²) in [5, 5.41) is 0.299. The highest BCUT2D eigenvalue weighted by Gasteiger charge is 2.11. The first-order valence-electron chi connectivity index (χ1n) is 4.15. The van der Waals surface area contributed by atoms with Gasteiger partial charge in [0.05, 0.1) is 5.38 Å². The van der Waals surface area contributed by atoms with Crippen LogP contribution in [0.5, 0.6) is 0 Å². The molecule has 0 saturated carbocycles. The van der Waals surface area contributed by atoms with Crippen LogP contribution in [0.2, 0.25) is 0 Å². The fourth-order valence-corrected chi connectivity index (χ4v) is 1.68. The first-order valence-corrected chi connectivity index (χ1v) is 4.59. The molecule has 0 N–H and O–H groups in total. The molecule has 11 heavy (non-hydrogen) atoms. The number of ether oxygens (including phenoxy) is 1. The second kappa shape index (κ2) is 4.78. The summed E-state index contributed by atoms with van der Waals surface area (Å²) in [5.41, 5.74) is 1.52. The number of methoxy groups -OCH3 is 1. The minimum Gasteiger partial charge on any atom is -0.385 e. The second-order valence-corrected chi connectivity index (χ2v) is 3.54. The van der Waals surface area contributed by atoms with Gasteiger partial charge in [0.25, 0.3) is 0 Å². The summed E-state index contributed by atoms with van der Waals surface area (Å²) in [6, 6.07) is 0. The van der Waals surface area contributed by atoms with E-state index < -0.39 is 0 Å². The molecule has 0 radical (unpaired) electrons. The Kier molecular flexibility index (Phi) is 3.95. The Morgan fingerprint density at radius 3 is 3.09 bits per heavy atom. The SMILES string of the molecule is COCCCC1=CC(Cl)CC1. The Hall–Kier alpha value is -0.0100. The number of hydrogen-bond donors (Lipinski definition) is 0. The summed E-state index contributed by atoms with van der Waals surface area (Å²) >= 11 is 5.91. The van der Waals surface area contributed by atoms with Crippen LogP contribution in [0.1, 0.15) is 25.7 Å². The van der Waals surface area contributed by atoms with Crippen molar-refractivity contribution in [3.63, 3.8) is 0 Å². The Labute approximate surface area is 73.4 Å². The highest BCUT2D eigenvalue weighted by atomic mass is 35.5. The van der Waals surface area contributed by atoms with E-state index in [-0.39, 0.29) is 0 Å². The van der Waals surface area contributed by atoms with Crippen molar-refractivity contribution in [3.05, 3.63) is 11.6 Å². The van der Waals surface area contributed by atoms with E-state index in [9.17, 15) is 0 Å². The zero-order valence-electron chi connectivity index (χ0n) is 6.98. The Balaban J connectivity index is 2.12. The van der Waals surface area contributed by atoms with Gasteiger partial charge in [-0.1, -0.05) is 11.6 Å². The zero-order chi connectivity index (χ0) is 8.10. The van der Waals surface area contributed by atoms with Crippen LogP contribution in [0.3, 0.4) is 0 Å². The van der Waals surface area contributed by atoms with Crippen LogP contribution in [0.4, 0.5) is 0 Å². The highest BCUT2D eigenvalue weighted by molar-refractivity contribution is 6.22. The minimum atomic E-state index is 0.299. The largest absolute Gasteiger partial charge is 0.385 e. The molecule has 2 heteroatoms.